The third-order valence-electron chi connectivity index (χ3n) is 3.12. The summed E-state index contributed by atoms with van der Waals surface area (Å²) < 4.78 is 14.6. The van der Waals surface area contributed by atoms with Gasteiger partial charge in [0.2, 0.25) is 0 Å². The first-order valence-electron chi connectivity index (χ1n) is 6.25. The molecule has 0 aliphatic rings. The van der Waals surface area contributed by atoms with E-state index in [1.54, 1.807) is 31.0 Å². The first-order valence-corrected chi connectivity index (χ1v) is 6.25. The Hall–Kier alpha value is -2.37. The molecule has 0 spiro atoms. The number of nitrogens with zero attached hydrogens (tertiary/aromatic N) is 3. The van der Waals surface area contributed by atoms with Crippen LogP contribution in [0.25, 0.3) is 0 Å². The first kappa shape index (κ1) is 14.0. The van der Waals surface area contributed by atoms with E-state index in [1.165, 1.54) is 16.8 Å². The molecule has 6 heteroatoms. The van der Waals surface area contributed by atoms with Crippen molar-refractivity contribution in [3.8, 4) is 0 Å². The molecular weight excluding hydrogens is 261 g/mol. The molecule has 20 heavy (non-hydrogen) atoms. The lowest BCUT2D eigenvalue weighted by molar-refractivity contribution is 0.0697. The van der Waals surface area contributed by atoms with E-state index in [0.29, 0.717) is 18.1 Å². The molecule has 0 radical (unpaired) electrons. The molecule has 0 atom stereocenters. The minimum Gasteiger partial charge on any atom is -0.477 e. The fraction of sp³-hybridized carbons (Fsp3) is 0.286. The summed E-state index contributed by atoms with van der Waals surface area (Å²) in [6.07, 6.45) is 0. The number of carbonyl (C=O) groups is 1. The van der Waals surface area contributed by atoms with E-state index < -0.39 is 5.97 Å². The Balaban J connectivity index is 2.57. The van der Waals surface area contributed by atoms with Gasteiger partial charge in [-0.3, -0.25) is 4.68 Å². The van der Waals surface area contributed by atoms with Crippen molar-refractivity contribution in [2.24, 2.45) is 7.05 Å². The fourth-order valence-corrected chi connectivity index (χ4v) is 2.28. The highest BCUT2D eigenvalue weighted by Crippen LogP contribution is 2.30. The number of aromatic carboxylic acids is 1. The Morgan fingerprint density at radius 1 is 1.40 bits per heavy atom. The van der Waals surface area contributed by atoms with Gasteiger partial charge in [0.1, 0.15) is 17.2 Å². The number of halogens is 1. The standard InChI is InChI=1S/C14H16FN3O2/c1-4-18(11-7-5-10(15)6-8-11)13-12(14(19)20)9(2)16-17(13)3/h5-8H,4H2,1-3H3,(H,19,20). The van der Waals surface area contributed by atoms with E-state index in [0.717, 1.165) is 5.69 Å². The van der Waals surface area contributed by atoms with Gasteiger partial charge in [-0.25, -0.2) is 9.18 Å². The van der Waals surface area contributed by atoms with E-state index in [1.807, 2.05) is 6.92 Å². The van der Waals surface area contributed by atoms with Gasteiger partial charge in [0.25, 0.3) is 0 Å². The molecule has 106 valence electrons. The highest BCUT2D eigenvalue weighted by atomic mass is 19.1. The summed E-state index contributed by atoms with van der Waals surface area (Å²) in [5.74, 6) is -0.861. The molecule has 0 saturated carbocycles. The van der Waals surface area contributed by atoms with Crippen molar-refractivity contribution >= 4 is 17.5 Å². The van der Waals surface area contributed by atoms with Crippen molar-refractivity contribution in [1.29, 1.82) is 0 Å². The van der Waals surface area contributed by atoms with Crippen molar-refractivity contribution < 1.29 is 14.3 Å². The second-order valence-electron chi connectivity index (χ2n) is 4.43. The van der Waals surface area contributed by atoms with Crippen LogP contribution in [0, 0.1) is 12.7 Å². The van der Waals surface area contributed by atoms with Crippen molar-refractivity contribution in [3.05, 3.63) is 41.3 Å². The number of hydrogen-bond donors (Lipinski definition) is 1. The van der Waals surface area contributed by atoms with Crippen LogP contribution in [0.3, 0.4) is 0 Å². The summed E-state index contributed by atoms with van der Waals surface area (Å²) in [5.41, 5.74) is 1.34. The number of benzene rings is 1. The van der Waals surface area contributed by atoms with Gasteiger partial charge in [0.15, 0.2) is 0 Å². The molecule has 1 N–H and O–H groups in total. The van der Waals surface area contributed by atoms with Crippen LogP contribution in [0.4, 0.5) is 15.9 Å². The summed E-state index contributed by atoms with van der Waals surface area (Å²) in [6, 6.07) is 5.93. The number of hydrogen-bond acceptors (Lipinski definition) is 3. The quantitative estimate of drug-likeness (QED) is 0.933. The highest BCUT2D eigenvalue weighted by Gasteiger charge is 2.24. The Kier molecular flexibility index (Phi) is 3.74. The molecule has 0 aliphatic heterocycles. The molecule has 0 fully saturated rings. The Morgan fingerprint density at radius 3 is 2.50 bits per heavy atom. The normalized spacial score (nSPS) is 10.6. The van der Waals surface area contributed by atoms with Gasteiger partial charge in [-0.2, -0.15) is 5.10 Å². The molecule has 1 aromatic heterocycles. The van der Waals surface area contributed by atoms with Gasteiger partial charge in [-0.1, -0.05) is 0 Å². The third kappa shape index (κ3) is 2.36. The van der Waals surface area contributed by atoms with E-state index in [4.69, 9.17) is 0 Å². The molecule has 1 aromatic carbocycles. The van der Waals surface area contributed by atoms with Crippen molar-refractivity contribution in [3.63, 3.8) is 0 Å². The predicted molar refractivity (Wildman–Crippen MR) is 74.0 cm³/mol. The van der Waals surface area contributed by atoms with Crippen molar-refractivity contribution in [2.45, 2.75) is 13.8 Å². The number of aryl methyl sites for hydroxylation is 2. The maximum absolute atomic E-state index is 13.0. The Labute approximate surface area is 116 Å². The minimum absolute atomic E-state index is 0.165. The number of anilines is 2. The zero-order valence-corrected chi connectivity index (χ0v) is 11.6. The van der Waals surface area contributed by atoms with Crippen LogP contribution in [0.5, 0.6) is 0 Å². The van der Waals surface area contributed by atoms with Gasteiger partial charge >= 0.3 is 5.97 Å². The first-order chi connectivity index (χ1) is 9.45. The topological polar surface area (TPSA) is 58.4 Å². The minimum atomic E-state index is -1.02. The highest BCUT2D eigenvalue weighted by molar-refractivity contribution is 5.95. The summed E-state index contributed by atoms with van der Waals surface area (Å²) in [5, 5.41) is 13.5. The zero-order chi connectivity index (χ0) is 14.9. The van der Waals surface area contributed by atoms with Gasteiger partial charge < -0.3 is 10.0 Å². The monoisotopic (exact) mass is 277 g/mol. The van der Waals surface area contributed by atoms with E-state index in [2.05, 4.69) is 5.10 Å². The lowest BCUT2D eigenvalue weighted by Crippen LogP contribution is -2.21. The van der Waals surface area contributed by atoms with E-state index >= 15 is 0 Å². The van der Waals surface area contributed by atoms with Crippen LogP contribution in [-0.2, 0) is 7.05 Å². The summed E-state index contributed by atoms with van der Waals surface area (Å²) in [6.45, 7) is 4.10. The SMILES string of the molecule is CCN(c1ccc(F)cc1)c1c(C(=O)O)c(C)nn1C. The lowest BCUT2D eigenvalue weighted by Gasteiger charge is -2.23. The number of carboxylic acid groups (broad SMARTS) is 1. The molecule has 2 rings (SSSR count). The van der Waals surface area contributed by atoms with Crippen molar-refractivity contribution in [2.75, 3.05) is 11.4 Å². The van der Waals surface area contributed by atoms with Gasteiger partial charge in [0, 0.05) is 19.3 Å². The number of rotatable bonds is 4. The van der Waals surface area contributed by atoms with Crippen LogP contribution in [0.15, 0.2) is 24.3 Å². The van der Waals surface area contributed by atoms with Crippen LogP contribution in [0.2, 0.25) is 0 Å². The summed E-state index contributed by atoms with van der Waals surface area (Å²) in [7, 11) is 1.70. The maximum Gasteiger partial charge on any atom is 0.341 e. The molecule has 5 nitrogen and oxygen atoms in total. The predicted octanol–water partition coefficient (Wildman–Crippen LogP) is 2.72. The maximum atomic E-state index is 13.0. The Bertz CT molecular complexity index is 635. The van der Waals surface area contributed by atoms with Crippen molar-refractivity contribution in [1.82, 2.24) is 9.78 Å². The fourth-order valence-electron chi connectivity index (χ4n) is 2.28. The number of carboxylic acids is 1. The van der Waals surface area contributed by atoms with Gasteiger partial charge in [-0.05, 0) is 38.1 Å². The molecule has 0 unspecified atom stereocenters. The Morgan fingerprint density at radius 2 is 2.00 bits per heavy atom. The van der Waals surface area contributed by atoms with Crippen LogP contribution in [-0.4, -0.2) is 27.4 Å². The zero-order valence-electron chi connectivity index (χ0n) is 11.6. The lowest BCUT2D eigenvalue weighted by atomic mass is 10.2. The van der Waals surface area contributed by atoms with Gasteiger partial charge in [-0.15, -0.1) is 0 Å². The van der Waals surface area contributed by atoms with Gasteiger partial charge in [0.05, 0.1) is 5.69 Å². The molecule has 2 aromatic rings. The summed E-state index contributed by atoms with van der Waals surface area (Å²) >= 11 is 0. The second-order valence-corrected chi connectivity index (χ2v) is 4.43. The molecule has 1 heterocycles. The molecule has 0 amide bonds. The molecule has 0 saturated heterocycles. The number of aromatic nitrogens is 2. The van der Waals surface area contributed by atoms with E-state index in [9.17, 15) is 14.3 Å². The summed E-state index contributed by atoms with van der Waals surface area (Å²) in [4.78, 5) is 13.2. The van der Waals surface area contributed by atoms with Crippen LogP contribution in [0.1, 0.15) is 23.0 Å². The molecule has 0 bridgehead atoms. The smallest absolute Gasteiger partial charge is 0.341 e. The molecular formula is C14H16FN3O2. The molecule has 0 aliphatic carbocycles. The third-order valence-corrected chi connectivity index (χ3v) is 3.12. The average molecular weight is 277 g/mol. The average Bonchev–Trinajstić information content (AvgIpc) is 2.68. The van der Waals surface area contributed by atoms with Crippen LogP contribution < -0.4 is 4.90 Å². The second kappa shape index (κ2) is 5.32. The largest absolute Gasteiger partial charge is 0.477 e. The van der Waals surface area contributed by atoms with Crippen LogP contribution >= 0.6 is 0 Å². The van der Waals surface area contributed by atoms with E-state index in [-0.39, 0.29) is 11.4 Å².